The summed E-state index contributed by atoms with van der Waals surface area (Å²) in [6.07, 6.45) is 11.5. The van der Waals surface area contributed by atoms with Crippen molar-refractivity contribution in [3.63, 3.8) is 0 Å². The largest absolute Gasteiger partial charge is 0.478 e. The first-order chi connectivity index (χ1) is 24.9. The van der Waals surface area contributed by atoms with Crippen LogP contribution in [0.3, 0.4) is 0 Å². The number of fused-ring (bicyclic) bond motifs is 7. The van der Waals surface area contributed by atoms with Gasteiger partial charge in [0.15, 0.2) is 15.6 Å². The van der Waals surface area contributed by atoms with Crippen LogP contribution in [0.15, 0.2) is 30.3 Å². The molecule has 0 spiro atoms. The van der Waals surface area contributed by atoms with Crippen molar-refractivity contribution in [2.24, 2.45) is 51.2 Å². The number of ketones is 1. The van der Waals surface area contributed by atoms with E-state index in [1.165, 1.54) is 5.57 Å². The van der Waals surface area contributed by atoms with Gasteiger partial charge in [-0.1, -0.05) is 52.8 Å². The molecule has 0 radical (unpaired) electrons. The van der Waals surface area contributed by atoms with Crippen molar-refractivity contribution in [2.45, 2.75) is 97.9 Å². The molecule has 10 atom stereocenters. The third-order valence-corrected chi connectivity index (χ3v) is 18.4. The molecule has 0 aromatic heterocycles. The second kappa shape index (κ2) is 13.9. The van der Waals surface area contributed by atoms with E-state index in [2.05, 4.69) is 50.9 Å². The Morgan fingerprint density at radius 2 is 1.62 bits per heavy atom. The van der Waals surface area contributed by atoms with E-state index in [1.807, 2.05) is 12.1 Å². The number of rotatable bonds is 10. The zero-order valence-electron chi connectivity index (χ0n) is 32.2. The number of Topliss-reactive ketones (excluding diaryl/α,β-unsaturated/α-hetero) is 1. The lowest BCUT2D eigenvalue weighted by molar-refractivity contribution is -0.220. The van der Waals surface area contributed by atoms with Crippen molar-refractivity contribution in [1.29, 1.82) is 0 Å². The first-order valence-electron chi connectivity index (χ1n) is 19.9. The molecule has 5 aliphatic carbocycles. The maximum atomic E-state index is 13.9. The number of aromatic carboxylic acids is 1. The molecule has 12 heteroatoms. The highest BCUT2D eigenvalue weighted by atomic mass is 32.2. The average Bonchev–Trinajstić information content (AvgIpc) is 3.48. The lowest BCUT2D eigenvalue weighted by Gasteiger charge is -2.72. The minimum Gasteiger partial charge on any atom is -0.478 e. The number of benzene rings is 1. The molecule has 1 heterocycles. The van der Waals surface area contributed by atoms with Gasteiger partial charge in [0.05, 0.1) is 17.1 Å². The molecule has 1 aliphatic heterocycles. The smallest absolute Gasteiger partial charge is 0.335 e. The summed E-state index contributed by atoms with van der Waals surface area (Å²) in [6.45, 7) is 14.7. The molecule has 1 aromatic rings. The van der Waals surface area contributed by atoms with Crippen LogP contribution >= 0.6 is 0 Å². The van der Waals surface area contributed by atoms with Gasteiger partial charge >= 0.3 is 17.3 Å². The van der Waals surface area contributed by atoms with Crippen LogP contribution in [0, 0.1) is 51.2 Å². The molecule has 3 N–H and O–H groups in total. The van der Waals surface area contributed by atoms with E-state index in [4.69, 9.17) is 4.18 Å². The summed E-state index contributed by atoms with van der Waals surface area (Å²) in [4.78, 5) is 27.7. The van der Waals surface area contributed by atoms with Crippen LogP contribution in [-0.2, 0) is 30.2 Å². The van der Waals surface area contributed by atoms with Gasteiger partial charge < -0.3 is 15.3 Å². The number of allylic oxidation sites excluding steroid dienone is 2. The minimum atomic E-state index is -2.95. The van der Waals surface area contributed by atoms with E-state index in [0.29, 0.717) is 36.4 Å². The molecule has 53 heavy (non-hydrogen) atoms. The van der Waals surface area contributed by atoms with Crippen LogP contribution in [0.5, 0.6) is 0 Å². The van der Waals surface area contributed by atoms with Crippen molar-refractivity contribution in [1.82, 2.24) is 10.2 Å². The summed E-state index contributed by atoms with van der Waals surface area (Å²) in [6, 6.07) is 7.38. The van der Waals surface area contributed by atoms with Crippen molar-refractivity contribution >= 4 is 38.5 Å². The number of sulfone groups is 1. The number of carboxylic acids is 1. The van der Waals surface area contributed by atoms with Crippen LogP contribution in [0.2, 0.25) is 0 Å². The lowest BCUT2D eigenvalue weighted by atomic mass is 9.33. The Bertz CT molecular complexity index is 1770. The van der Waals surface area contributed by atoms with E-state index in [9.17, 15) is 31.9 Å². The Morgan fingerprint density at radius 3 is 2.28 bits per heavy atom. The van der Waals surface area contributed by atoms with E-state index in [-0.39, 0.29) is 62.9 Å². The third kappa shape index (κ3) is 6.52. The monoisotopic (exact) mass is 772 g/mol. The predicted octanol–water partition coefficient (Wildman–Crippen LogP) is 6.25. The molecule has 10 nitrogen and oxygen atoms in total. The lowest BCUT2D eigenvalue weighted by Crippen LogP contribution is -2.68. The van der Waals surface area contributed by atoms with Crippen LogP contribution in [0.1, 0.15) is 108 Å². The van der Waals surface area contributed by atoms with E-state index in [1.54, 1.807) is 12.1 Å². The van der Waals surface area contributed by atoms with Gasteiger partial charge in [0, 0.05) is 37.6 Å². The number of nitrogens with zero attached hydrogens (tertiary/aromatic N) is 1. The maximum absolute atomic E-state index is 13.9. The summed E-state index contributed by atoms with van der Waals surface area (Å²) in [5.41, 5.74) is 2.60. The number of carbonyl (C=O) groups is 2. The quantitative estimate of drug-likeness (QED) is 0.233. The Hall–Kier alpha value is -1.96. The first-order valence-corrected chi connectivity index (χ1v) is 22.7. The number of nitrogens with one attached hydrogen (secondary N) is 1. The molecule has 5 fully saturated rings. The van der Waals surface area contributed by atoms with E-state index >= 15 is 0 Å². The summed E-state index contributed by atoms with van der Waals surface area (Å²) in [5.74, 6) is 0.580. The standard InChI is InChI=1S/C41H60N2O8S2/c1-37(2)30(27-6-8-28(9-7-27)36(45)46)13-15-38(3)33(37)14-16-40(5)34(38)11-10-31-35-29(32(44)26-51-52(47)48)12-17-41(35,19-18-39(31,40)4)42-20-21-43-22-24-53(49,50)25-23-43/h6-9,13,29,31,33-35,42H,10-12,14-26H2,1-5H3,(H,45,46)(H,47,48). The normalized spacial score (nSPS) is 40.9. The molecule has 0 bridgehead atoms. The fraction of sp³-hybridized carbons (Fsp3) is 0.756. The predicted molar refractivity (Wildman–Crippen MR) is 206 cm³/mol. The average molecular weight is 773 g/mol. The maximum Gasteiger partial charge on any atom is 0.335 e. The third-order valence-electron chi connectivity index (χ3n) is 16.5. The Labute approximate surface area is 318 Å². The van der Waals surface area contributed by atoms with E-state index < -0.39 is 27.2 Å². The van der Waals surface area contributed by atoms with Crippen LogP contribution in [0.25, 0.3) is 5.57 Å². The molecular formula is C41H60N2O8S2. The fourth-order valence-electron chi connectivity index (χ4n) is 13.8. The van der Waals surface area contributed by atoms with Gasteiger partial charge in [-0.15, -0.1) is 0 Å². The SMILES string of the molecule is CC1(C)C(c2ccc(C(=O)O)cc2)=CCC2(C)C1CCC1(C)C2CCC2C3C(C(=O)COS(=O)O)CCC3(NCCN3CCS(=O)(=O)CC3)CCC21C. The number of carboxylic acid groups (broad SMARTS) is 1. The van der Waals surface area contributed by atoms with Crippen molar-refractivity contribution < 1.29 is 36.1 Å². The number of hydrogen-bond donors (Lipinski definition) is 3. The summed E-state index contributed by atoms with van der Waals surface area (Å²) in [5, 5.41) is 13.5. The van der Waals surface area contributed by atoms with Crippen LogP contribution in [-0.4, -0.2) is 88.8 Å². The Balaban J connectivity index is 1.16. The molecule has 0 amide bonds. The number of carbonyl (C=O) groups excluding carboxylic acids is 1. The van der Waals surface area contributed by atoms with Gasteiger partial charge in [0.25, 0.3) is 0 Å². The second-order valence-electron chi connectivity index (χ2n) is 18.8. The van der Waals surface area contributed by atoms with Crippen LogP contribution in [0.4, 0.5) is 0 Å². The summed E-state index contributed by atoms with van der Waals surface area (Å²) in [7, 11) is -2.95. The Kier molecular flexibility index (Phi) is 10.3. The highest BCUT2D eigenvalue weighted by Crippen LogP contribution is 2.76. The first kappa shape index (κ1) is 39.3. The van der Waals surface area contributed by atoms with E-state index in [0.717, 1.165) is 76.4 Å². The van der Waals surface area contributed by atoms with Crippen molar-refractivity contribution in [2.75, 3.05) is 44.3 Å². The number of hydrogen-bond acceptors (Lipinski definition) is 8. The van der Waals surface area contributed by atoms with Crippen molar-refractivity contribution in [3.8, 4) is 0 Å². The van der Waals surface area contributed by atoms with Crippen molar-refractivity contribution in [3.05, 3.63) is 41.5 Å². The molecule has 294 valence electrons. The molecule has 6 aliphatic rings. The fourth-order valence-corrected chi connectivity index (χ4v) is 15.3. The van der Waals surface area contributed by atoms with Gasteiger partial charge in [-0.05, 0) is 126 Å². The van der Waals surface area contributed by atoms with Gasteiger partial charge in [0.2, 0.25) is 0 Å². The molecular weight excluding hydrogens is 713 g/mol. The van der Waals surface area contributed by atoms with Gasteiger partial charge in [-0.3, -0.25) is 13.5 Å². The summed E-state index contributed by atoms with van der Waals surface area (Å²) >= 11 is -2.49. The summed E-state index contributed by atoms with van der Waals surface area (Å²) < 4.78 is 49.9. The minimum absolute atomic E-state index is 0.00525. The topological polar surface area (TPSA) is 150 Å². The zero-order valence-corrected chi connectivity index (χ0v) is 33.8. The molecule has 7 rings (SSSR count). The molecule has 1 saturated heterocycles. The molecule has 4 saturated carbocycles. The highest BCUT2D eigenvalue weighted by molar-refractivity contribution is 7.91. The van der Waals surface area contributed by atoms with Gasteiger partial charge in [-0.25, -0.2) is 13.2 Å². The highest BCUT2D eigenvalue weighted by Gasteiger charge is 2.70. The second-order valence-corrected chi connectivity index (χ2v) is 21.8. The van der Waals surface area contributed by atoms with Gasteiger partial charge in [0.1, 0.15) is 6.61 Å². The molecule has 1 aromatic carbocycles. The zero-order chi connectivity index (χ0) is 38.2. The van der Waals surface area contributed by atoms with Gasteiger partial charge in [-0.2, -0.15) is 4.21 Å². The molecule has 10 unspecified atom stereocenters. The van der Waals surface area contributed by atoms with Crippen LogP contribution < -0.4 is 5.32 Å². The Morgan fingerprint density at radius 1 is 0.925 bits per heavy atom.